The Kier molecular flexibility index (Phi) is 28.9. The predicted molar refractivity (Wildman–Crippen MR) is 343 cm³/mol. The van der Waals surface area contributed by atoms with Crippen LogP contribution in [0.2, 0.25) is 0 Å². The summed E-state index contributed by atoms with van der Waals surface area (Å²) in [5.41, 5.74) is 20.3. The molecule has 2 heterocycles. The summed E-state index contributed by atoms with van der Waals surface area (Å²) in [6.45, 7) is 5.10. The van der Waals surface area contributed by atoms with Gasteiger partial charge in [0.15, 0.2) is 29.1 Å². The van der Waals surface area contributed by atoms with Crippen molar-refractivity contribution in [2.75, 3.05) is 26.7 Å². The highest BCUT2D eigenvalue weighted by Crippen LogP contribution is 2.23. The molecule has 494 valence electrons. The summed E-state index contributed by atoms with van der Waals surface area (Å²) in [5, 5.41) is 42.7. The molecule has 17 N–H and O–H groups in total. The first-order valence-corrected chi connectivity index (χ1v) is 30.4. The van der Waals surface area contributed by atoms with Crippen molar-refractivity contribution in [2.45, 2.75) is 128 Å². The minimum Gasteiger partial charge on any atom is -0.508 e. The van der Waals surface area contributed by atoms with Gasteiger partial charge in [-0.25, -0.2) is 9.59 Å². The van der Waals surface area contributed by atoms with Crippen LogP contribution >= 0.6 is 0 Å². The first-order valence-electron chi connectivity index (χ1n) is 30.4. The molecule has 2 aromatic heterocycles. The van der Waals surface area contributed by atoms with Crippen molar-refractivity contribution < 1.29 is 63.0 Å². The van der Waals surface area contributed by atoms with Gasteiger partial charge in [-0.3, -0.25) is 53.1 Å². The van der Waals surface area contributed by atoms with Gasteiger partial charge in [0, 0.05) is 94.1 Å². The Morgan fingerprint density at radius 1 is 0.587 bits per heavy atom. The number of hydrogen-bond donors (Lipinski definition) is 14. The number of para-hydroxylation sites is 1. The number of nitrogens with two attached hydrogens (primary N) is 3. The number of Topliss-reactive ketones (excluding diaryl/α,β-unsaturated/α-hetero) is 4. The van der Waals surface area contributed by atoms with Crippen LogP contribution in [0.5, 0.6) is 5.75 Å². The minimum absolute atomic E-state index is 0.00923. The van der Waals surface area contributed by atoms with Gasteiger partial charge in [0.05, 0.1) is 36.7 Å². The maximum atomic E-state index is 14.4. The highest BCUT2D eigenvalue weighted by Gasteiger charge is 2.36. The molecule has 0 aliphatic rings. The second-order valence-corrected chi connectivity index (χ2v) is 23.2. The van der Waals surface area contributed by atoms with E-state index in [9.17, 15) is 63.0 Å². The van der Waals surface area contributed by atoms with E-state index in [0.29, 0.717) is 23.1 Å². The van der Waals surface area contributed by atoms with Crippen LogP contribution < -0.4 is 59.7 Å². The summed E-state index contributed by atoms with van der Waals surface area (Å²) in [4.78, 5) is 162. The van der Waals surface area contributed by atoms with Gasteiger partial charge in [-0.2, -0.15) is 0 Å². The van der Waals surface area contributed by atoms with Crippen LogP contribution in [0.25, 0.3) is 10.9 Å². The van der Waals surface area contributed by atoms with Crippen molar-refractivity contribution in [3.05, 3.63) is 132 Å². The Morgan fingerprint density at radius 3 is 1.79 bits per heavy atom. The number of hydrogen-bond acceptors (Lipinski definition) is 15. The monoisotopic (exact) mass is 1270 g/mol. The summed E-state index contributed by atoms with van der Waals surface area (Å²) in [5.74, 6) is -10.2. The first kappa shape index (κ1) is 72.7. The molecule has 3 aromatic carbocycles. The molecule has 5 aromatic rings. The Bertz CT molecular complexity index is 3360. The zero-order valence-corrected chi connectivity index (χ0v) is 52.4. The Labute approximate surface area is 533 Å². The number of pyridine rings is 1. The fourth-order valence-electron chi connectivity index (χ4n) is 10.4. The van der Waals surface area contributed by atoms with Gasteiger partial charge < -0.3 is 74.9 Å². The largest absolute Gasteiger partial charge is 0.508 e. The molecular formula is C65H86N14O13. The molecule has 0 radical (unpaired) electrons. The maximum Gasteiger partial charge on any atom is 0.315 e. The summed E-state index contributed by atoms with van der Waals surface area (Å²) in [6.07, 6.45) is 2.02. The van der Waals surface area contributed by atoms with Crippen LogP contribution in [0.4, 0.5) is 9.59 Å². The maximum absolute atomic E-state index is 14.4. The van der Waals surface area contributed by atoms with E-state index in [-0.39, 0.29) is 69.1 Å². The lowest BCUT2D eigenvalue weighted by atomic mass is 9.89. The second kappa shape index (κ2) is 36.6. The normalized spacial score (nSPS) is 14.3. The molecule has 9 atom stereocenters. The van der Waals surface area contributed by atoms with Crippen LogP contribution in [-0.4, -0.2) is 154 Å². The number of aliphatic hydroxyl groups excluding tert-OH is 1. The standard InChI is InChI=1S/C65H86N14O13/c1-37(2)26-50(55(83)31-43(14-11-23-71-63(67)69-5)60(88)77-53(59(66)87)30-45-34-72-49-16-10-9-15-47(45)49)79-65(92)74-36-58(86)52(28-40-12-7-6-8-13-40)76-62(90)48(38(3)80)33-57(85)54(35-73-64(68)91)78-61(89)44(27-42-21-24-70-25-22-42)32-56(84)51(75-39(4)81)29-41-17-19-46(82)20-18-41/h6-10,12-13,15-22,24-25,34,37-38,43-44,48,50-54,72,80,82H,11,14,23,26-33,35-36H2,1-5H3,(H2,66,87)(H,75,81)(H,76,90)(H,77,88)(H,78,89)(H3,67,69,71)(H3,68,73,91)(H2,74,79,92)/t38-,43-,44+,48+,50+,51-,52+,53+,54+/m1/s1. The van der Waals surface area contributed by atoms with Crippen molar-refractivity contribution in [2.24, 2.45) is 45.9 Å². The Hall–Kier alpha value is -10.1. The fourth-order valence-corrected chi connectivity index (χ4v) is 10.4. The van der Waals surface area contributed by atoms with Crippen molar-refractivity contribution in [1.82, 2.24) is 52.5 Å². The number of primary amides is 2. The van der Waals surface area contributed by atoms with Crippen molar-refractivity contribution in [3.8, 4) is 5.75 Å². The lowest BCUT2D eigenvalue weighted by Crippen LogP contribution is -2.54. The quantitative estimate of drug-likeness (QED) is 0.0151. The third-order valence-electron chi connectivity index (χ3n) is 15.4. The molecule has 0 fully saturated rings. The molecule has 0 saturated heterocycles. The van der Waals surface area contributed by atoms with E-state index in [4.69, 9.17) is 17.2 Å². The third-order valence-corrected chi connectivity index (χ3v) is 15.4. The SMILES string of the molecule is CN=C(N)NCCC[C@H](CC(=O)[C@H](CC(C)C)NC(=O)NCC(=O)[C@H](Cc1ccccc1)NC(=O)[C@@H](CC(=O)[C@H](CNC(N)=O)NC(=O)[C@H](CC(=O)[C@@H](Cc1ccc(O)cc1)NC(C)=O)Cc1ccncc1)[C@@H](C)O)C(=O)N[C@@H](Cc1c[nH]c2ccccc12)C(N)=O. The van der Waals surface area contributed by atoms with Crippen molar-refractivity contribution >= 4 is 81.6 Å². The fraction of sp³-hybridized carbons (Fsp3) is 0.431. The number of carbonyl (C=O) groups is 11. The van der Waals surface area contributed by atoms with Gasteiger partial charge in [-0.15, -0.1) is 0 Å². The van der Waals surface area contributed by atoms with Gasteiger partial charge in [0.1, 0.15) is 17.8 Å². The number of aliphatic imine (C=N–C) groups is 1. The molecular weight excluding hydrogens is 1180 g/mol. The first-order chi connectivity index (χ1) is 43.8. The Morgan fingerprint density at radius 2 is 1.16 bits per heavy atom. The molecule has 0 spiro atoms. The summed E-state index contributed by atoms with van der Waals surface area (Å²) >= 11 is 0. The smallest absolute Gasteiger partial charge is 0.315 e. The van der Waals surface area contributed by atoms with E-state index in [2.05, 4.69) is 57.5 Å². The average molecular weight is 1270 g/mol. The number of nitrogens with one attached hydrogen (secondary N) is 9. The van der Waals surface area contributed by atoms with Gasteiger partial charge >= 0.3 is 12.1 Å². The number of urea groups is 2. The zero-order chi connectivity index (χ0) is 67.4. The number of nitrogens with zero attached hydrogens (tertiary/aromatic N) is 2. The van der Waals surface area contributed by atoms with E-state index in [1.807, 2.05) is 38.1 Å². The number of carbonyl (C=O) groups excluding carboxylic acids is 11. The third kappa shape index (κ3) is 24.4. The molecule has 27 heteroatoms. The van der Waals surface area contributed by atoms with Gasteiger partial charge in [-0.1, -0.05) is 74.5 Å². The number of rotatable bonds is 38. The number of ketones is 4. The molecule has 0 saturated carbocycles. The number of phenolic OH excluding ortho intramolecular Hbond substituents is 1. The summed E-state index contributed by atoms with van der Waals surface area (Å²) in [6, 6.07) is 16.7. The van der Waals surface area contributed by atoms with E-state index in [1.54, 1.807) is 60.8 Å². The number of aromatic nitrogens is 2. The molecule has 0 unspecified atom stereocenters. The molecule has 9 amide bonds. The summed E-state index contributed by atoms with van der Waals surface area (Å²) in [7, 11) is 1.50. The highest BCUT2D eigenvalue weighted by molar-refractivity contribution is 5.99. The minimum atomic E-state index is -1.60. The molecule has 0 bridgehead atoms. The van der Waals surface area contributed by atoms with Crippen molar-refractivity contribution in [1.29, 1.82) is 0 Å². The lowest BCUT2D eigenvalue weighted by molar-refractivity contribution is -0.137. The van der Waals surface area contributed by atoms with Gasteiger partial charge in [0.2, 0.25) is 29.5 Å². The van der Waals surface area contributed by atoms with Crippen LogP contribution in [-0.2, 0) is 68.8 Å². The van der Waals surface area contributed by atoms with Crippen molar-refractivity contribution in [3.63, 3.8) is 0 Å². The number of aliphatic hydroxyl groups is 1. The average Bonchev–Trinajstić information content (AvgIpc) is 1.97. The molecule has 0 aliphatic carbocycles. The number of fused-ring (bicyclic) bond motifs is 1. The van der Waals surface area contributed by atoms with E-state index >= 15 is 0 Å². The number of benzene rings is 3. The summed E-state index contributed by atoms with van der Waals surface area (Å²) < 4.78 is 0. The topological polar surface area (TPSA) is 444 Å². The number of phenols is 1. The van der Waals surface area contributed by atoms with Crippen LogP contribution in [0.3, 0.4) is 0 Å². The number of amides is 9. The number of aromatic amines is 1. The van der Waals surface area contributed by atoms with Crippen LogP contribution in [0.1, 0.15) is 88.5 Å². The van der Waals surface area contributed by atoms with Crippen LogP contribution in [0.15, 0.2) is 115 Å². The molecule has 92 heavy (non-hydrogen) atoms. The predicted octanol–water partition coefficient (Wildman–Crippen LogP) is 1.36. The molecule has 0 aliphatic heterocycles. The zero-order valence-electron chi connectivity index (χ0n) is 52.4. The highest BCUT2D eigenvalue weighted by atomic mass is 16.3. The van der Waals surface area contributed by atoms with Crippen LogP contribution in [0, 0.1) is 23.7 Å². The number of aromatic hydroxyl groups is 1. The van der Waals surface area contributed by atoms with Gasteiger partial charge in [-0.05, 0) is 104 Å². The molecule has 27 nitrogen and oxygen atoms in total. The van der Waals surface area contributed by atoms with E-state index < -0.39 is 145 Å². The molecule has 5 rings (SSSR count). The van der Waals surface area contributed by atoms with Gasteiger partial charge in [0.25, 0.3) is 0 Å². The Balaban J connectivity index is 1.31. The van der Waals surface area contributed by atoms with E-state index in [1.165, 1.54) is 45.4 Å². The lowest BCUT2D eigenvalue weighted by Gasteiger charge is -2.27. The van der Waals surface area contributed by atoms with E-state index in [0.717, 1.165) is 16.5 Å². The second-order valence-electron chi connectivity index (χ2n) is 23.2. The number of guanidine groups is 1. The number of H-pyrrole nitrogens is 1.